The first kappa shape index (κ1) is 18.2. The molecule has 0 aromatic heterocycles. The quantitative estimate of drug-likeness (QED) is 0.652. The Balaban J connectivity index is 2.10. The van der Waals surface area contributed by atoms with Crippen LogP contribution in [-0.4, -0.2) is 34.8 Å². The molecule has 2 aromatic rings. The first-order valence-corrected chi connectivity index (χ1v) is 9.53. The second-order valence-corrected chi connectivity index (χ2v) is 7.59. The number of anilines is 1. The zero-order valence-corrected chi connectivity index (χ0v) is 15.2. The molecule has 0 radical (unpaired) electrons. The maximum atomic E-state index is 10.5. The monoisotopic (exact) mass is 372 g/mol. The third kappa shape index (κ3) is 3.52. The molecule has 1 atom stereocenters. The Hall–Kier alpha value is -2.57. The third-order valence-corrected chi connectivity index (χ3v) is 5.49. The number of fused-ring (bicyclic) bond motifs is 1. The minimum absolute atomic E-state index is 0.108. The molecule has 0 aliphatic carbocycles. The number of hydrogen-bond donors (Lipinski definition) is 4. The van der Waals surface area contributed by atoms with Gasteiger partial charge in [0.05, 0.1) is 30.0 Å². The number of para-hydroxylation sites is 1. The molecule has 0 saturated carbocycles. The Morgan fingerprint density at radius 1 is 1.19 bits per heavy atom. The van der Waals surface area contributed by atoms with Crippen LogP contribution in [0.5, 0.6) is 0 Å². The van der Waals surface area contributed by atoms with Gasteiger partial charge in [-0.25, -0.2) is 9.71 Å². The van der Waals surface area contributed by atoms with Gasteiger partial charge in [-0.2, -0.15) is 5.26 Å². The number of nitrogens with one attached hydrogen (secondary N) is 2. The number of nitriles is 1. The molecule has 0 bridgehead atoms. The highest BCUT2D eigenvalue weighted by Crippen LogP contribution is 2.53. The van der Waals surface area contributed by atoms with Crippen molar-refractivity contribution in [2.24, 2.45) is 4.99 Å². The molecule has 136 valence electrons. The van der Waals surface area contributed by atoms with Crippen molar-refractivity contribution in [3.05, 3.63) is 48.0 Å². The SMILES string of the molecule is COC(C)CN=C1Nc2c(-c3ccccc3C#N)cccc2S(O)(O)N1. The van der Waals surface area contributed by atoms with Gasteiger partial charge in [0.1, 0.15) is 4.90 Å². The molecule has 8 heteroatoms. The van der Waals surface area contributed by atoms with Crippen LogP contribution in [0.15, 0.2) is 52.4 Å². The van der Waals surface area contributed by atoms with Crippen LogP contribution in [0, 0.1) is 11.3 Å². The average Bonchev–Trinajstić information content (AvgIpc) is 2.65. The third-order valence-electron chi connectivity index (χ3n) is 4.06. The predicted molar refractivity (Wildman–Crippen MR) is 103 cm³/mol. The fraction of sp³-hybridized carbons (Fsp3) is 0.222. The van der Waals surface area contributed by atoms with Gasteiger partial charge in [0, 0.05) is 18.2 Å². The Bertz CT molecular complexity index is 892. The molecule has 1 aliphatic heterocycles. The van der Waals surface area contributed by atoms with Gasteiger partial charge in [-0.1, -0.05) is 41.1 Å². The summed E-state index contributed by atoms with van der Waals surface area (Å²) in [5, 5.41) is 12.5. The van der Waals surface area contributed by atoms with Gasteiger partial charge in [0.15, 0.2) is 0 Å². The molecule has 2 aromatic carbocycles. The number of methoxy groups -OCH3 is 1. The molecule has 26 heavy (non-hydrogen) atoms. The van der Waals surface area contributed by atoms with Crippen LogP contribution in [0.2, 0.25) is 0 Å². The van der Waals surface area contributed by atoms with Gasteiger partial charge in [-0.05, 0) is 19.1 Å². The maximum Gasteiger partial charge on any atom is 0.214 e. The molecule has 0 amide bonds. The lowest BCUT2D eigenvalue weighted by Crippen LogP contribution is -2.38. The van der Waals surface area contributed by atoms with Gasteiger partial charge in [-0.3, -0.25) is 9.11 Å². The van der Waals surface area contributed by atoms with E-state index in [1.165, 1.54) is 0 Å². The van der Waals surface area contributed by atoms with Crippen molar-refractivity contribution in [3.8, 4) is 17.2 Å². The summed E-state index contributed by atoms with van der Waals surface area (Å²) in [7, 11) is -1.67. The van der Waals surface area contributed by atoms with E-state index in [-0.39, 0.29) is 12.1 Å². The van der Waals surface area contributed by atoms with Crippen molar-refractivity contribution in [3.63, 3.8) is 0 Å². The number of ether oxygens (including phenoxy) is 1. The van der Waals surface area contributed by atoms with E-state index >= 15 is 0 Å². The number of benzene rings is 2. The molecule has 0 spiro atoms. The van der Waals surface area contributed by atoms with Crippen LogP contribution in [0.1, 0.15) is 12.5 Å². The largest absolute Gasteiger partial charge is 0.380 e. The molecule has 1 aliphatic rings. The van der Waals surface area contributed by atoms with Gasteiger partial charge >= 0.3 is 0 Å². The predicted octanol–water partition coefficient (Wildman–Crippen LogP) is 3.66. The standard InChI is InChI=1S/C18H20N4O3S/c1-12(25-2)11-20-18-21-17-15(14-7-4-3-6-13(14)10-19)8-5-9-16(17)26(23,24)22-18/h3-9,12,23-24H,11H2,1-2H3,(H2,20,21,22). The summed E-state index contributed by atoms with van der Waals surface area (Å²) in [4.78, 5) is 4.67. The summed E-state index contributed by atoms with van der Waals surface area (Å²) in [6.07, 6.45) is -0.108. The summed E-state index contributed by atoms with van der Waals surface area (Å²) in [5.74, 6) is 0.253. The van der Waals surface area contributed by atoms with Gasteiger partial charge < -0.3 is 10.1 Å². The van der Waals surface area contributed by atoms with Crippen LogP contribution in [-0.2, 0) is 4.74 Å². The average molecular weight is 372 g/mol. The van der Waals surface area contributed by atoms with E-state index in [9.17, 15) is 14.4 Å². The molecule has 1 unspecified atom stereocenters. The van der Waals surface area contributed by atoms with Gasteiger partial charge in [-0.15, -0.1) is 0 Å². The number of aliphatic imine (C=N–C) groups is 1. The van der Waals surface area contributed by atoms with Crippen molar-refractivity contribution in [2.45, 2.75) is 17.9 Å². The molecular formula is C18H20N4O3S. The van der Waals surface area contributed by atoms with E-state index in [4.69, 9.17) is 4.74 Å². The molecule has 4 N–H and O–H groups in total. The first-order chi connectivity index (χ1) is 12.5. The Morgan fingerprint density at radius 2 is 1.92 bits per heavy atom. The second-order valence-electron chi connectivity index (χ2n) is 5.85. The number of guanidine groups is 1. The van der Waals surface area contributed by atoms with E-state index < -0.39 is 10.8 Å². The maximum absolute atomic E-state index is 10.5. The number of nitrogens with zero attached hydrogens (tertiary/aromatic N) is 2. The fourth-order valence-corrected chi connectivity index (χ4v) is 3.85. The van der Waals surface area contributed by atoms with Crippen LogP contribution in [0.3, 0.4) is 0 Å². The Labute approximate surface area is 153 Å². The van der Waals surface area contributed by atoms with Crippen molar-refractivity contribution in [1.29, 1.82) is 5.26 Å². The Kier molecular flexibility index (Phi) is 5.15. The van der Waals surface area contributed by atoms with Crippen LogP contribution >= 0.6 is 10.8 Å². The lowest BCUT2D eigenvalue weighted by atomic mass is 9.99. The van der Waals surface area contributed by atoms with Crippen molar-refractivity contribution >= 4 is 22.4 Å². The second kappa shape index (κ2) is 7.35. The summed E-state index contributed by atoms with van der Waals surface area (Å²) >= 11 is 0. The van der Waals surface area contributed by atoms with E-state index in [1.54, 1.807) is 31.4 Å². The minimum atomic E-state index is -3.26. The zero-order chi connectivity index (χ0) is 18.7. The van der Waals surface area contributed by atoms with Crippen LogP contribution < -0.4 is 10.0 Å². The highest BCUT2D eigenvalue weighted by molar-refractivity contribution is 8.23. The lowest BCUT2D eigenvalue weighted by Gasteiger charge is -2.40. The highest BCUT2D eigenvalue weighted by atomic mass is 32.3. The van der Waals surface area contributed by atoms with E-state index in [0.717, 1.165) is 0 Å². The van der Waals surface area contributed by atoms with E-state index in [1.807, 2.05) is 25.1 Å². The summed E-state index contributed by atoms with van der Waals surface area (Å²) in [5.41, 5.74) is 2.44. The minimum Gasteiger partial charge on any atom is -0.380 e. The van der Waals surface area contributed by atoms with Crippen molar-refractivity contribution < 1.29 is 13.8 Å². The Morgan fingerprint density at radius 3 is 2.65 bits per heavy atom. The molecular weight excluding hydrogens is 352 g/mol. The lowest BCUT2D eigenvalue weighted by molar-refractivity contribution is 0.125. The first-order valence-electron chi connectivity index (χ1n) is 7.99. The van der Waals surface area contributed by atoms with Gasteiger partial charge in [0.25, 0.3) is 0 Å². The van der Waals surface area contributed by atoms with Crippen LogP contribution in [0.4, 0.5) is 5.69 Å². The topological polar surface area (TPSA) is 110 Å². The van der Waals surface area contributed by atoms with Crippen molar-refractivity contribution in [1.82, 2.24) is 4.72 Å². The fourth-order valence-electron chi connectivity index (χ4n) is 2.64. The van der Waals surface area contributed by atoms with Crippen molar-refractivity contribution in [2.75, 3.05) is 19.0 Å². The molecule has 0 fully saturated rings. The summed E-state index contributed by atoms with van der Waals surface area (Å²) < 4.78 is 28.9. The molecule has 3 rings (SSSR count). The zero-order valence-electron chi connectivity index (χ0n) is 14.4. The number of hydrogen-bond acceptors (Lipinski definition) is 5. The normalized spacial score (nSPS) is 18.8. The summed E-state index contributed by atoms with van der Waals surface area (Å²) in [6.45, 7) is 2.22. The number of rotatable bonds is 4. The molecule has 7 nitrogen and oxygen atoms in total. The van der Waals surface area contributed by atoms with Crippen LogP contribution in [0.25, 0.3) is 11.1 Å². The summed E-state index contributed by atoms with van der Waals surface area (Å²) in [6, 6.07) is 14.6. The van der Waals surface area contributed by atoms with E-state index in [2.05, 4.69) is 21.1 Å². The van der Waals surface area contributed by atoms with Gasteiger partial charge in [0.2, 0.25) is 5.96 Å². The van der Waals surface area contributed by atoms with E-state index in [0.29, 0.717) is 33.8 Å². The molecule has 1 heterocycles. The smallest absolute Gasteiger partial charge is 0.214 e. The highest BCUT2D eigenvalue weighted by Gasteiger charge is 2.29. The molecule has 0 saturated heterocycles.